The van der Waals surface area contributed by atoms with E-state index >= 15 is 0 Å². The number of aromatic nitrogens is 1. The van der Waals surface area contributed by atoms with Crippen LogP contribution in [-0.4, -0.2) is 68.3 Å². The lowest BCUT2D eigenvalue weighted by molar-refractivity contribution is 0.0986. The van der Waals surface area contributed by atoms with Gasteiger partial charge in [-0.3, -0.25) is 9.69 Å². The number of hydrogen-bond acceptors (Lipinski definition) is 6. The maximum absolute atomic E-state index is 13.7. The molecule has 194 valence electrons. The van der Waals surface area contributed by atoms with Gasteiger partial charge in [0.2, 0.25) is 10.0 Å². The van der Waals surface area contributed by atoms with Crippen LogP contribution in [0.25, 0.3) is 10.2 Å². The van der Waals surface area contributed by atoms with Crippen LogP contribution in [0.1, 0.15) is 54.1 Å². The maximum Gasteiger partial charge on any atom is 0.260 e. The van der Waals surface area contributed by atoms with Crippen molar-refractivity contribution in [3.63, 3.8) is 0 Å². The third kappa shape index (κ3) is 5.64. The topological polar surface area (TPSA) is 73.8 Å². The fourth-order valence-electron chi connectivity index (χ4n) is 4.80. The van der Waals surface area contributed by atoms with Crippen LogP contribution < -0.4 is 4.90 Å². The number of carbonyl (C=O) groups is 1. The molecule has 3 aromatic rings. The fraction of sp³-hybridized carbons (Fsp3) is 0.481. The average Bonchev–Trinajstić information content (AvgIpc) is 3.25. The van der Waals surface area contributed by atoms with E-state index < -0.39 is 10.0 Å². The first-order chi connectivity index (χ1) is 17.1. The molecule has 1 aromatic heterocycles. The second-order valence-electron chi connectivity index (χ2n) is 10.0. The van der Waals surface area contributed by atoms with Gasteiger partial charge in [0.05, 0.1) is 15.1 Å². The number of piperidine rings is 1. The van der Waals surface area contributed by atoms with Crippen molar-refractivity contribution in [3.8, 4) is 0 Å². The third-order valence-electron chi connectivity index (χ3n) is 6.72. The number of nitrogens with zero attached hydrogens (tertiary/aromatic N) is 4. The zero-order chi connectivity index (χ0) is 26.0. The minimum Gasteiger partial charge on any atom is -0.309 e. The molecule has 1 aliphatic heterocycles. The van der Waals surface area contributed by atoms with Crippen LogP contribution in [-0.2, 0) is 10.0 Å². The summed E-state index contributed by atoms with van der Waals surface area (Å²) in [5.74, 6) is -0.169. The van der Waals surface area contributed by atoms with E-state index in [0.717, 1.165) is 53.6 Å². The molecule has 1 aliphatic rings. The maximum atomic E-state index is 13.7. The summed E-state index contributed by atoms with van der Waals surface area (Å²) in [6.45, 7) is 7.99. The Labute approximate surface area is 218 Å². The molecule has 1 amide bonds. The smallest absolute Gasteiger partial charge is 0.260 e. The van der Waals surface area contributed by atoms with E-state index in [1.54, 1.807) is 33.5 Å². The highest BCUT2D eigenvalue weighted by Crippen LogP contribution is 2.33. The van der Waals surface area contributed by atoms with Crippen molar-refractivity contribution < 1.29 is 13.2 Å². The first-order valence-electron chi connectivity index (χ1n) is 12.5. The van der Waals surface area contributed by atoms with E-state index in [0.29, 0.717) is 23.8 Å². The molecular weight excluding hydrogens is 492 g/mol. The standard InChI is InChI=1S/C27H36N4O3S2/c1-19-17-20(2)25-24(18-19)28-27(35-25)30(15-8-14-29(4)5)26(32)22-10-12-23(13-11-22)36(33,34)31-16-7-6-9-21(31)3/h10-13,17-18,21H,6-9,14-16H2,1-5H3. The summed E-state index contributed by atoms with van der Waals surface area (Å²) in [4.78, 5) is 22.6. The normalized spacial score (nSPS) is 17.1. The van der Waals surface area contributed by atoms with E-state index in [1.807, 2.05) is 34.0 Å². The first-order valence-corrected chi connectivity index (χ1v) is 14.8. The molecule has 1 unspecified atom stereocenters. The highest BCUT2D eigenvalue weighted by molar-refractivity contribution is 7.89. The Morgan fingerprint density at radius 3 is 2.50 bits per heavy atom. The van der Waals surface area contributed by atoms with Gasteiger partial charge < -0.3 is 4.90 Å². The predicted octanol–water partition coefficient (Wildman–Crippen LogP) is 5.07. The van der Waals surface area contributed by atoms with Gasteiger partial charge >= 0.3 is 0 Å². The lowest BCUT2D eigenvalue weighted by atomic mass is 10.1. The summed E-state index contributed by atoms with van der Waals surface area (Å²) in [5.41, 5.74) is 3.64. The zero-order valence-electron chi connectivity index (χ0n) is 21.8. The fourth-order valence-corrected chi connectivity index (χ4v) is 7.54. The zero-order valence-corrected chi connectivity index (χ0v) is 23.5. The number of amides is 1. The number of sulfonamides is 1. The molecule has 2 aromatic carbocycles. The quantitative estimate of drug-likeness (QED) is 0.408. The van der Waals surface area contributed by atoms with Crippen molar-refractivity contribution >= 4 is 42.6 Å². The summed E-state index contributed by atoms with van der Waals surface area (Å²) in [6, 6.07) is 10.6. The molecule has 1 fully saturated rings. The summed E-state index contributed by atoms with van der Waals surface area (Å²) in [5, 5.41) is 0.668. The van der Waals surface area contributed by atoms with Crippen LogP contribution in [0.4, 0.5) is 5.13 Å². The molecule has 1 atom stereocenters. The number of aryl methyl sites for hydroxylation is 2. The van der Waals surface area contributed by atoms with Gasteiger partial charge in [0.15, 0.2) is 5.13 Å². The molecule has 0 spiro atoms. The van der Waals surface area contributed by atoms with Gasteiger partial charge in [-0.15, -0.1) is 0 Å². The van der Waals surface area contributed by atoms with Gasteiger partial charge in [-0.2, -0.15) is 4.31 Å². The van der Waals surface area contributed by atoms with Crippen LogP contribution in [0.3, 0.4) is 0 Å². The summed E-state index contributed by atoms with van der Waals surface area (Å²) in [7, 11) is 0.441. The van der Waals surface area contributed by atoms with E-state index in [2.05, 4.69) is 17.9 Å². The van der Waals surface area contributed by atoms with Gasteiger partial charge in [0.25, 0.3) is 5.91 Å². The van der Waals surface area contributed by atoms with Crippen molar-refractivity contribution in [3.05, 3.63) is 53.1 Å². The monoisotopic (exact) mass is 528 g/mol. The van der Waals surface area contributed by atoms with E-state index in [-0.39, 0.29) is 16.8 Å². The second kappa shape index (κ2) is 11.0. The van der Waals surface area contributed by atoms with Gasteiger partial charge in [0, 0.05) is 24.7 Å². The van der Waals surface area contributed by atoms with Crippen molar-refractivity contribution in [2.75, 3.05) is 38.6 Å². The average molecular weight is 529 g/mol. The third-order valence-corrected chi connectivity index (χ3v) is 9.98. The molecule has 36 heavy (non-hydrogen) atoms. The Balaban J connectivity index is 1.63. The van der Waals surface area contributed by atoms with E-state index in [9.17, 15) is 13.2 Å². The van der Waals surface area contributed by atoms with E-state index in [1.165, 1.54) is 11.3 Å². The molecule has 0 aliphatic carbocycles. The minimum absolute atomic E-state index is 0.0108. The molecule has 0 N–H and O–H groups in total. The summed E-state index contributed by atoms with van der Waals surface area (Å²) < 4.78 is 29.1. The van der Waals surface area contributed by atoms with Crippen LogP contribution in [0, 0.1) is 13.8 Å². The number of rotatable bonds is 8. The Morgan fingerprint density at radius 2 is 1.83 bits per heavy atom. The molecule has 2 heterocycles. The molecular formula is C27H36N4O3S2. The number of carbonyl (C=O) groups excluding carboxylic acids is 1. The highest BCUT2D eigenvalue weighted by atomic mass is 32.2. The van der Waals surface area contributed by atoms with Crippen LogP contribution in [0.15, 0.2) is 41.3 Å². The Kier molecular flexibility index (Phi) is 8.14. The molecule has 1 saturated heterocycles. The number of fused-ring (bicyclic) bond motifs is 1. The van der Waals surface area contributed by atoms with Gasteiger partial charge in [-0.1, -0.05) is 23.8 Å². The predicted molar refractivity (Wildman–Crippen MR) is 148 cm³/mol. The molecule has 9 heteroatoms. The number of anilines is 1. The number of benzene rings is 2. The van der Waals surface area contributed by atoms with Gasteiger partial charge in [-0.05, 0) is 102 Å². The van der Waals surface area contributed by atoms with Crippen molar-refractivity contribution in [2.45, 2.75) is 57.4 Å². The Hall–Kier alpha value is -2.33. The Bertz CT molecular complexity index is 1330. The van der Waals surface area contributed by atoms with Crippen LogP contribution in [0.2, 0.25) is 0 Å². The van der Waals surface area contributed by atoms with Gasteiger partial charge in [-0.25, -0.2) is 13.4 Å². The molecule has 0 radical (unpaired) electrons. The van der Waals surface area contributed by atoms with Crippen molar-refractivity contribution in [1.82, 2.24) is 14.2 Å². The van der Waals surface area contributed by atoms with Crippen molar-refractivity contribution in [1.29, 1.82) is 0 Å². The second-order valence-corrected chi connectivity index (χ2v) is 12.9. The molecule has 4 rings (SSSR count). The SMILES string of the molecule is Cc1cc(C)c2sc(N(CCCN(C)C)C(=O)c3ccc(S(=O)(=O)N4CCCCC4C)cc3)nc2c1. The summed E-state index contributed by atoms with van der Waals surface area (Å²) in [6.07, 6.45) is 3.60. The molecule has 7 nitrogen and oxygen atoms in total. The van der Waals surface area contributed by atoms with E-state index in [4.69, 9.17) is 4.98 Å². The lowest BCUT2D eigenvalue weighted by Crippen LogP contribution is -2.41. The number of thiazole rings is 1. The van der Waals surface area contributed by atoms with Crippen LogP contribution in [0.5, 0.6) is 0 Å². The largest absolute Gasteiger partial charge is 0.309 e. The molecule has 0 saturated carbocycles. The lowest BCUT2D eigenvalue weighted by Gasteiger charge is -2.32. The minimum atomic E-state index is -3.58. The Morgan fingerprint density at radius 1 is 1.11 bits per heavy atom. The highest BCUT2D eigenvalue weighted by Gasteiger charge is 2.31. The van der Waals surface area contributed by atoms with Crippen LogP contribution >= 0.6 is 11.3 Å². The first kappa shape index (κ1) is 26.7. The van der Waals surface area contributed by atoms with Gasteiger partial charge in [0.1, 0.15) is 0 Å². The molecule has 0 bridgehead atoms. The summed E-state index contributed by atoms with van der Waals surface area (Å²) >= 11 is 1.53. The number of hydrogen-bond donors (Lipinski definition) is 0. The van der Waals surface area contributed by atoms with Crippen molar-refractivity contribution in [2.24, 2.45) is 0 Å².